The summed E-state index contributed by atoms with van der Waals surface area (Å²) in [5.41, 5.74) is 0.621. The predicted molar refractivity (Wildman–Crippen MR) is 97.3 cm³/mol. The van der Waals surface area contributed by atoms with Crippen LogP contribution in [0.4, 0.5) is 0 Å². The van der Waals surface area contributed by atoms with Gasteiger partial charge in [0.1, 0.15) is 0 Å². The van der Waals surface area contributed by atoms with E-state index in [0.29, 0.717) is 30.2 Å². The molecule has 1 aliphatic heterocycles. The summed E-state index contributed by atoms with van der Waals surface area (Å²) in [4.78, 5) is 17.0. The zero-order valence-corrected chi connectivity index (χ0v) is 14.8. The number of nitrogens with zero attached hydrogens (tertiary/aromatic N) is 4. The van der Waals surface area contributed by atoms with Gasteiger partial charge in [0.15, 0.2) is 17.1 Å². The number of methoxy groups -OCH3 is 1. The molecule has 4 rings (SSSR count). The average Bonchev–Trinajstić information content (AvgIpc) is 3.35. The van der Waals surface area contributed by atoms with Gasteiger partial charge in [-0.3, -0.25) is 14.4 Å². The standard InChI is InChI=1S/C19H22N4O3/c1-25-16-5-2-4-15-14-17(26-18(15)16)19(24)22-11-8-21(9-12-22)10-13-23-7-3-6-20-23/h2-7,14H,8-13H2,1H3. The average molecular weight is 354 g/mol. The third-order valence-corrected chi connectivity index (χ3v) is 4.80. The summed E-state index contributed by atoms with van der Waals surface area (Å²) in [6.07, 6.45) is 3.76. The number of hydrogen-bond acceptors (Lipinski definition) is 5. The molecule has 3 heterocycles. The molecule has 0 spiro atoms. The topological polar surface area (TPSA) is 63.7 Å². The number of amides is 1. The maximum Gasteiger partial charge on any atom is 0.289 e. The first-order valence-corrected chi connectivity index (χ1v) is 8.80. The summed E-state index contributed by atoms with van der Waals surface area (Å²) in [5.74, 6) is 0.953. The highest BCUT2D eigenvalue weighted by atomic mass is 16.5. The monoisotopic (exact) mass is 354 g/mol. The molecule has 0 aliphatic carbocycles. The summed E-state index contributed by atoms with van der Waals surface area (Å²) in [6.45, 7) is 4.92. The van der Waals surface area contributed by atoms with Gasteiger partial charge in [-0.15, -0.1) is 0 Å². The van der Waals surface area contributed by atoms with Gasteiger partial charge in [-0.1, -0.05) is 12.1 Å². The second kappa shape index (κ2) is 7.21. The van der Waals surface area contributed by atoms with Gasteiger partial charge in [0.05, 0.1) is 13.7 Å². The highest BCUT2D eigenvalue weighted by Crippen LogP contribution is 2.29. The lowest BCUT2D eigenvalue weighted by molar-refractivity contribution is 0.0603. The van der Waals surface area contributed by atoms with Crippen molar-refractivity contribution in [2.75, 3.05) is 39.8 Å². The van der Waals surface area contributed by atoms with Crippen molar-refractivity contribution in [1.29, 1.82) is 0 Å². The van der Waals surface area contributed by atoms with Crippen molar-refractivity contribution >= 4 is 16.9 Å². The Bertz CT molecular complexity index is 879. The Balaban J connectivity index is 1.37. The molecular formula is C19H22N4O3. The minimum Gasteiger partial charge on any atom is -0.493 e. The summed E-state index contributed by atoms with van der Waals surface area (Å²) >= 11 is 0. The molecule has 1 fully saturated rings. The molecule has 1 aliphatic rings. The van der Waals surface area contributed by atoms with Crippen molar-refractivity contribution < 1.29 is 13.9 Å². The number of rotatable bonds is 5. The van der Waals surface area contributed by atoms with E-state index in [-0.39, 0.29) is 5.91 Å². The minimum absolute atomic E-state index is 0.0602. The van der Waals surface area contributed by atoms with Crippen LogP contribution < -0.4 is 4.74 Å². The molecule has 136 valence electrons. The Morgan fingerprint density at radius 2 is 2.04 bits per heavy atom. The van der Waals surface area contributed by atoms with Crippen LogP contribution in [0.3, 0.4) is 0 Å². The Hall–Kier alpha value is -2.80. The molecule has 1 aromatic carbocycles. The Labute approximate surface area is 151 Å². The minimum atomic E-state index is -0.0602. The first-order valence-electron chi connectivity index (χ1n) is 8.80. The van der Waals surface area contributed by atoms with Crippen LogP contribution >= 0.6 is 0 Å². The number of fused-ring (bicyclic) bond motifs is 1. The van der Waals surface area contributed by atoms with Crippen molar-refractivity contribution in [3.63, 3.8) is 0 Å². The van der Waals surface area contributed by atoms with Crippen LogP contribution in [-0.2, 0) is 6.54 Å². The zero-order valence-electron chi connectivity index (χ0n) is 14.8. The van der Waals surface area contributed by atoms with Crippen molar-refractivity contribution in [2.24, 2.45) is 0 Å². The Morgan fingerprint density at radius 1 is 1.19 bits per heavy atom. The largest absolute Gasteiger partial charge is 0.493 e. The fourth-order valence-corrected chi connectivity index (χ4v) is 3.31. The Morgan fingerprint density at radius 3 is 2.77 bits per heavy atom. The molecule has 26 heavy (non-hydrogen) atoms. The van der Waals surface area contributed by atoms with Gasteiger partial charge in [0.2, 0.25) is 0 Å². The van der Waals surface area contributed by atoms with Crippen molar-refractivity contribution in [1.82, 2.24) is 19.6 Å². The SMILES string of the molecule is COc1cccc2cc(C(=O)N3CCN(CCn4cccn4)CC3)oc12. The van der Waals surface area contributed by atoms with E-state index in [1.807, 2.05) is 40.0 Å². The van der Waals surface area contributed by atoms with E-state index in [0.717, 1.165) is 31.6 Å². The molecule has 0 bridgehead atoms. The predicted octanol–water partition coefficient (Wildman–Crippen LogP) is 2.10. The molecule has 1 saturated heterocycles. The number of ether oxygens (including phenoxy) is 1. The van der Waals surface area contributed by atoms with E-state index in [1.54, 1.807) is 19.4 Å². The van der Waals surface area contributed by atoms with Gasteiger partial charge in [0.25, 0.3) is 5.91 Å². The highest BCUT2D eigenvalue weighted by molar-refractivity contribution is 5.97. The highest BCUT2D eigenvalue weighted by Gasteiger charge is 2.25. The van der Waals surface area contributed by atoms with E-state index in [9.17, 15) is 4.79 Å². The number of piperazine rings is 1. The van der Waals surface area contributed by atoms with Crippen LogP contribution in [0.15, 0.2) is 47.1 Å². The summed E-state index contributed by atoms with van der Waals surface area (Å²) in [6, 6.07) is 9.37. The maximum atomic E-state index is 12.8. The maximum absolute atomic E-state index is 12.8. The third-order valence-electron chi connectivity index (χ3n) is 4.80. The third kappa shape index (κ3) is 3.30. The number of hydrogen-bond donors (Lipinski definition) is 0. The molecule has 0 radical (unpaired) electrons. The number of carbonyl (C=O) groups is 1. The summed E-state index contributed by atoms with van der Waals surface area (Å²) in [7, 11) is 1.60. The number of benzene rings is 1. The molecule has 0 N–H and O–H groups in total. The van der Waals surface area contributed by atoms with Crippen LogP contribution in [-0.4, -0.2) is 65.3 Å². The van der Waals surface area contributed by atoms with Crippen LogP contribution in [0.5, 0.6) is 5.75 Å². The molecule has 0 atom stereocenters. The van der Waals surface area contributed by atoms with Gasteiger partial charge in [-0.2, -0.15) is 5.10 Å². The van der Waals surface area contributed by atoms with Gasteiger partial charge in [0, 0.05) is 50.5 Å². The number of para-hydroxylation sites is 1. The molecule has 0 unspecified atom stereocenters. The van der Waals surface area contributed by atoms with E-state index in [2.05, 4.69) is 10.00 Å². The number of aromatic nitrogens is 2. The molecular weight excluding hydrogens is 332 g/mol. The zero-order chi connectivity index (χ0) is 17.9. The number of furan rings is 1. The van der Waals surface area contributed by atoms with Gasteiger partial charge in [-0.25, -0.2) is 0 Å². The van der Waals surface area contributed by atoms with Gasteiger partial charge < -0.3 is 14.1 Å². The summed E-state index contributed by atoms with van der Waals surface area (Å²) < 4.78 is 13.0. The first-order chi connectivity index (χ1) is 12.7. The first kappa shape index (κ1) is 16.7. The van der Waals surface area contributed by atoms with E-state index < -0.39 is 0 Å². The van der Waals surface area contributed by atoms with E-state index in [4.69, 9.17) is 9.15 Å². The van der Waals surface area contributed by atoms with Crippen LogP contribution in [0.1, 0.15) is 10.6 Å². The van der Waals surface area contributed by atoms with Crippen LogP contribution in [0.25, 0.3) is 11.0 Å². The molecule has 7 heteroatoms. The molecule has 0 saturated carbocycles. The molecule has 7 nitrogen and oxygen atoms in total. The molecule has 1 amide bonds. The fraction of sp³-hybridized carbons (Fsp3) is 0.368. The van der Waals surface area contributed by atoms with Gasteiger partial charge >= 0.3 is 0 Å². The van der Waals surface area contributed by atoms with Crippen molar-refractivity contribution in [3.05, 3.63) is 48.5 Å². The number of carbonyl (C=O) groups excluding carboxylic acids is 1. The Kier molecular flexibility index (Phi) is 4.62. The normalized spacial score (nSPS) is 15.5. The fourth-order valence-electron chi connectivity index (χ4n) is 3.31. The molecule has 3 aromatic rings. The van der Waals surface area contributed by atoms with Gasteiger partial charge in [-0.05, 0) is 18.2 Å². The second-order valence-corrected chi connectivity index (χ2v) is 6.39. The lowest BCUT2D eigenvalue weighted by atomic mass is 10.2. The van der Waals surface area contributed by atoms with E-state index >= 15 is 0 Å². The summed E-state index contributed by atoms with van der Waals surface area (Å²) in [5, 5.41) is 5.10. The molecule has 2 aromatic heterocycles. The van der Waals surface area contributed by atoms with Crippen molar-refractivity contribution in [3.8, 4) is 5.75 Å². The van der Waals surface area contributed by atoms with Crippen LogP contribution in [0, 0.1) is 0 Å². The van der Waals surface area contributed by atoms with Crippen molar-refractivity contribution in [2.45, 2.75) is 6.54 Å². The lowest BCUT2D eigenvalue weighted by Crippen LogP contribution is -2.49. The smallest absolute Gasteiger partial charge is 0.289 e. The second-order valence-electron chi connectivity index (χ2n) is 6.39. The van der Waals surface area contributed by atoms with Crippen LogP contribution in [0.2, 0.25) is 0 Å². The lowest BCUT2D eigenvalue weighted by Gasteiger charge is -2.34. The quantitative estimate of drug-likeness (QED) is 0.702. The van der Waals surface area contributed by atoms with E-state index in [1.165, 1.54) is 0 Å².